The van der Waals surface area contributed by atoms with Gasteiger partial charge in [-0.3, -0.25) is 4.90 Å². The van der Waals surface area contributed by atoms with Crippen molar-refractivity contribution in [1.29, 1.82) is 0 Å². The SMILES string of the molecule is Cc1ccc(NC(=O)NC(CN2CCOCC2)c2ccccc2)cc1. The molecule has 132 valence electrons. The van der Waals surface area contributed by atoms with Crippen molar-refractivity contribution in [2.24, 2.45) is 0 Å². The monoisotopic (exact) mass is 339 g/mol. The molecule has 1 atom stereocenters. The van der Waals surface area contributed by atoms with Crippen molar-refractivity contribution in [3.8, 4) is 0 Å². The fourth-order valence-electron chi connectivity index (χ4n) is 2.92. The van der Waals surface area contributed by atoms with E-state index in [1.165, 1.54) is 5.56 Å². The Morgan fingerprint density at radius 1 is 1.08 bits per heavy atom. The molecule has 0 spiro atoms. The van der Waals surface area contributed by atoms with Gasteiger partial charge in [-0.05, 0) is 24.6 Å². The van der Waals surface area contributed by atoms with Gasteiger partial charge in [0.2, 0.25) is 0 Å². The Morgan fingerprint density at radius 2 is 1.76 bits per heavy atom. The van der Waals surface area contributed by atoms with Crippen LogP contribution in [0.4, 0.5) is 10.5 Å². The number of urea groups is 1. The molecule has 25 heavy (non-hydrogen) atoms. The number of ether oxygens (including phenoxy) is 1. The molecule has 3 rings (SSSR count). The Balaban J connectivity index is 1.65. The standard InChI is InChI=1S/C20H25N3O2/c1-16-7-9-18(10-8-16)21-20(24)22-19(17-5-3-2-4-6-17)15-23-11-13-25-14-12-23/h2-10,19H,11-15H2,1H3,(H2,21,22,24). The number of hydrogen-bond donors (Lipinski definition) is 2. The highest BCUT2D eigenvalue weighted by molar-refractivity contribution is 5.89. The van der Waals surface area contributed by atoms with E-state index >= 15 is 0 Å². The summed E-state index contributed by atoms with van der Waals surface area (Å²) in [5, 5.41) is 6.02. The summed E-state index contributed by atoms with van der Waals surface area (Å²) in [6.45, 7) is 6.08. The minimum atomic E-state index is -0.189. The highest BCUT2D eigenvalue weighted by Crippen LogP contribution is 2.16. The van der Waals surface area contributed by atoms with Gasteiger partial charge in [0.15, 0.2) is 0 Å². The van der Waals surface area contributed by atoms with Crippen molar-refractivity contribution in [2.45, 2.75) is 13.0 Å². The Bertz CT molecular complexity index is 667. The Morgan fingerprint density at radius 3 is 2.44 bits per heavy atom. The molecule has 2 amide bonds. The summed E-state index contributed by atoms with van der Waals surface area (Å²) in [4.78, 5) is 14.8. The van der Waals surface area contributed by atoms with Crippen LogP contribution >= 0.6 is 0 Å². The van der Waals surface area contributed by atoms with E-state index in [4.69, 9.17) is 4.74 Å². The van der Waals surface area contributed by atoms with Crippen LogP contribution in [0.5, 0.6) is 0 Å². The van der Waals surface area contributed by atoms with Crippen LogP contribution in [0.15, 0.2) is 54.6 Å². The summed E-state index contributed by atoms with van der Waals surface area (Å²) in [7, 11) is 0. The lowest BCUT2D eigenvalue weighted by Gasteiger charge is -2.31. The van der Waals surface area contributed by atoms with Crippen molar-refractivity contribution >= 4 is 11.7 Å². The third kappa shape index (κ3) is 5.31. The molecule has 1 fully saturated rings. The third-order valence-corrected chi connectivity index (χ3v) is 4.36. The fraction of sp³-hybridized carbons (Fsp3) is 0.350. The van der Waals surface area contributed by atoms with Gasteiger partial charge in [-0.15, -0.1) is 0 Å². The largest absolute Gasteiger partial charge is 0.379 e. The van der Waals surface area contributed by atoms with E-state index in [1.54, 1.807) is 0 Å². The number of amides is 2. The summed E-state index contributed by atoms with van der Waals surface area (Å²) in [5.41, 5.74) is 3.06. The van der Waals surface area contributed by atoms with Crippen LogP contribution in [0.3, 0.4) is 0 Å². The zero-order valence-corrected chi connectivity index (χ0v) is 14.6. The summed E-state index contributed by atoms with van der Waals surface area (Å²) in [5.74, 6) is 0. The van der Waals surface area contributed by atoms with Crippen molar-refractivity contribution in [2.75, 3.05) is 38.2 Å². The van der Waals surface area contributed by atoms with Crippen LogP contribution < -0.4 is 10.6 Å². The van der Waals surface area contributed by atoms with Gasteiger partial charge in [-0.2, -0.15) is 0 Å². The van der Waals surface area contributed by atoms with E-state index in [1.807, 2.05) is 49.4 Å². The molecule has 0 aromatic heterocycles. The number of nitrogens with one attached hydrogen (secondary N) is 2. The predicted octanol–water partition coefficient (Wildman–Crippen LogP) is 3.19. The lowest BCUT2D eigenvalue weighted by Crippen LogP contribution is -2.44. The van der Waals surface area contributed by atoms with Crippen molar-refractivity contribution in [3.05, 3.63) is 65.7 Å². The molecule has 1 aliphatic rings. The first-order chi connectivity index (χ1) is 12.2. The number of aryl methyl sites for hydroxylation is 1. The molecule has 2 aromatic carbocycles. The number of benzene rings is 2. The number of hydrogen-bond acceptors (Lipinski definition) is 3. The highest BCUT2D eigenvalue weighted by Gasteiger charge is 2.20. The molecule has 0 aliphatic carbocycles. The number of rotatable bonds is 5. The minimum Gasteiger partial charge on any atom is -0.379 e. The Labute approximate surface area is 149 Å². The lowest BCUT2D eigenvalue weighted by molar-refractivity contribution is 0.0340. The first-order valence-electron chi connectivity index (χ1n) is 8.70. The first kappa shape index (κ1) is 17.5. The topological polar surface area (TPSA) is 53.6 Å². The van der Waals surface area contributed by atoms with E-state index in [9.17, 15) is 4.79 Å². The maximum absolute atomic E-state index is 12.5. The van der Waals surface area contributed by atoms with Crippen LogP contribution in [-0.2, 0) is 4.74 Å². The molecule has 5 nitrogen and oxygen atoms in total. The second-order valence-corrected chi connectivity index (χ2v) is 6.34. The second kappa shape index (κ2) is 8.65. The van der Waals surface area contributed by atoms with Gasteiger partial charge in [0.25, 0.3) is 0 Å². The molecular formula is C20H25N3O2. The Hall–Kier alpha value is -2.37. The maximum Gasteiger partial charge on any atom is 0.319 e. The molecule has 5 heteroatoms. The van der Waals surface area contributed by atoms with E-state index in [-0.39, 0.29) is 12.1 Å². The van der Waals surface area contributed by atoms with Gasteiger partial charge in [-0.1, -0.05) is 48.0 Å². The average Bonchev–Trinajstić information content (AvgIpc) is 2.65. The Kier molecular flexibility index (Phi) is 6.04. The van der Waals surface area contributed by atoms with Gasteiger partial charge in [0, 0.05) is 25.3 Å². The maximum atomic E-state index is 12.5. The summed E-state index contributed by atoms with van der Waals surface area (Å²) >= 11 is 0. The quantitative estimate of drug-likeness (QED) is 0.880. The van der Waals surface area contributed by atoms with Crippen LogP contribution in [-0.4, -0.2) is 43.8 Å². The fourth-order valence-corrected chi connectivity index (χ4v) is 2.92. The van der Waals surface area contributed by atoms with E-state index < -0.39 is 0 Å². The third-order valence-electron chi connectivity index (χ3n) is 4.36. The number of morpholine rings is 1. The molecule has 2 N–H and O–H groups in total. The average molecular weight is 339 g/mol. The van der Waals surface area contributed by atoms with Gasteiger partial charge >= 0.3 is 6.03 Å². The second-order valence-electron chi connectivity index (χ2n) is 6.34. The molecular weight excluding hydrogens is 314 g/mol. The van der Waals surface area contributed by atoms with Gasteiger partial charge < -0.3 is 15.4 Å². The molecule has 1 saturated heterocycles. The van der Waals surface area contributed by atoms with Gasteiger partial charge in [0.1, 0.15) is 0 Å². The molecule has 1 unspecified atom stereocenters. The first-order valence-corrected chi connectivity index (χ1v) is 8.70. The highest BCUT2D eigenvalue weighted by atomic mass is 16.5. The summed E-state index contributed by atoms with van der Waals surface area (Å²) < 4.78 is 5.42. The number of carbonyl (C=O) groups excluding carboxylic acids is 1. The van der Waals surface area contributed by atoms with Crippen molar-refractivity contribution < 1.29 is 9.53 Å². The summed E-state index contributed by atoms with van der Waals surface area (Å²) in [6.07, 6.45) is 0. The van der Waals surface area contributed by atoms with Gasteiger partial charge in [0.05, 0.1) is 19.3 Å². The van der Waals surface area contributed by atoms with E-state index in [0.29, 0.717) is 0 Å². The molecule has 1 heterocycles. The van der Waals surface area contributed by atoms with Crippen LogP contribution in [0, 0.1) is 6.92 Å². The van der Waals surface area contributed by atoms with E-state index in [0.717, 1.165) is 44.1 Å². The predicted molar refractivity (Wildman–Crippen MR) is 99.8 cm³/mol. The lowest BCUT2D eigenvalue weighted by atomic mass is 10.1. The zero-order valence-electron chi connectivity index (χ0n) is 14.6. The normalized spacial score (nSPS) is 16.2. The van der Waals surface area contributed by atoms with Crippen LogP contribution in [0.1, 0.15) is 17.2 Å². The molecule has 2 aromatic rings. The van der Waals surface area contributed by atoms with E-state index in [2.05, 4.69) is 27.7 Å². The minimum absolute atomic E-state index is 0.0650. The smallest absolute Gasteiger partial charge is 0.319 e. The van der Waals surface area contributed by atoms with Crippen LogP contribution in [0.2, 0.25) is 0 Å². The molecule has 1 aliphatic heterocycles. The van der Waals surface area contributed by atoms with Gasteiger partial charge in [-0.25, -0.2) is 4.79 Å². The number of carbonyl (C=O) groups is 1. The molecule has 0 radical (unpaired) electrons. The molecule has 0 saturated carbocycles. The number of anilines is 1. The van der Waals surface area contributed by atoms with Crippen molar-refractivity contribution in [3.63, 3.8) is 0 Å². The molecule has 0 bridgehead atoms. The summed E-state index contributed by atoms with van der Waals surface area (Å²) in [6, 6.07) is 17.6. The van der Waals surface area contributed by atoms with Crippen LogP contribution in [0.25, 0.3) is 0 Å². The zero-order chi connectivity index (χ0) is 17.5. The van der Waals surface area contributed by atoms with Crippen molar-refractivity contribution in [1.82, 2.24) is 10.2 Å². The number of nitrogens with zero attached hydrogens (tertiary/aromatic N) is 1.